The Bertz CT molecular complexity index is 566. The highest BCUT2D eigenvalue weighted by Crippen LogP contribution is 2.28. The third-order valence-corrected chi connectivity index (χ3v) is 3.91. The van der Waals surface area contributed by atoms with E-state index in [4.69, 9.17) is 23.2 Å². The molecule has 0 aliphatic carbocycles. The van der Waals surface area contributed by atoms with Gasteiger partial charge in [-0.3, -0.25) is 0 Å². The van der Waals surface area contributed by atoms with E-state index < -0.39 is 0 Å². The molecular formula is C15H19Cl2N3. The van der Waals surface area contributed by atoms with Gasteiger partial charge in [0.2, 0.25) is 0 Å². The lowest BCUT2D eigenvalue weighted by atomic mass is 10.0. The first kappa shape index (κ1) is 15.4. The number of hydrogen-bond acceptors (Lipinski definition) is 2. The summed E-state index contributed by atoms with van der Waals surface area (Å²) in [7, 11) is 1.93. The van der Waals surface area contributed by atoms with E-state index in [9.17, 15) is 0 Å². The Balaban J connectivity index is 2.24. The number of rotatable bonds is 6. The van der Waals surface area contributed by atoms with E-state index >= 15 is 0 Å². The van der Waals surface area contributed by atoms with E-state index in [0.29, 0.717) is 5.02 Å². The number of halogens is 2. The summed E-state index contributed by atoms with van der Waals surface area (Å²) in [5.74, 6) is 1.06. The van der Waals surface area contributed by atoms with Crippen LogP contribution in [0, 0.1) is 0 Å². The molecule has 0 amide bonds. The molecule has 1 unspecified atom stereocenters. The Morgan fingerprint density at radius 3 is 2.85 bits per heavy atom. The summed E-state index contributed by atoms with van der Waals surface area (Å²) in [6, 6.07) is 5.65. The smallest absolute Gasteiger partial charge is 0.110 e. The molecular weight excluding hydrogens is 293 g/mol. The Morgan fingerprint density at radius 2 is 2.15 bits per heavy atom. The summed E-state index contributed by atoms with van der Waals surface area (Å²) in [5, 5.41) is 4.72. The van der Waals surface area contributed by atoms with Crippen LogP contribution in [-0.4, -0.2) is 16.6 Å². The SMILES string of the molecule is CCCn1ccnc1CC(NC)c1cc(Cl)ccc1Cl. The number of likely N-dealkylation sites (N-methyl/N-ethyl adjacent to an activating group) is 1. The third kappa shape index (κ3) is 3.54. The Labute approximate surface area is 129 Å². The van der Waals surface area contributed by atoms with Crippen LogP contribution in [0.4, 0.5) is 0 Å². The van der Waals surface area contributed by atoms with Gasteiger partial charge in [-0.1, -0.05) is 30.1 Å². The lowest BCUT2D eigenvalue weighted by Crippen LogP contribution is -2.21. The first-order valence-corrected chi connectivity index (χ1v) is 7.53. The highest BCUT2D eigenvalue weighted by molar-refractivity contribution is 6.33. The lowest BCUT2D eigenvalue weighted by molar-refractivity contribution is 0.543. The van der Waals surface area contributed by atoms with Crippen molar-refractivity contribution in [1.29, 1.82) is 0 Å². The molecule has 1 aromatic heterocycles. The summed E-state index contributed by atoms with van der Waals surface area (Å²) in [6.07, 6.45) is 5.73. The second-order valence-electron chi connectivity index (χ2n) is 4.75. The highest BCUT2D eigenvalue weighted by atomic mass is 35.5. The van der Waals surface area contributed by atoms with Crippen molar-refractivity contribution in [2.45, 2.75) is 32.4 Å². The van der Waals surface area contributed by atoms with Gasteiger partial charge in [0, 0.05) is 41.4 Å². The molecule has 0 fully saturated rings. The fourth-order valence-electron chi connectivity index (χ4n) is 2.31. The molecule has 0 aliphatic rings. The molecule has 1 aromatic carbocycles. The molecule has 0 saturated carbocycles. The van der Waals surface area contributed by atoms with Gasteiger partial charge >= 0.3 is 0 Å². The Morgan fingerprint density at radius 1 is 1.35 bits per heavy atom. The van der Waals surface area contributed by atoms with Gasteiger partial charge in [0.1, 0.15) is 5.82 Å². The molecule has 0 aliphatic heterocycles. The van der Waals surface area contributed by atoms with Gasteiger partial charge in [0.15, 0.2) is 0 Å². The molecule has 0 spiro atoms. The van der Waals surface area contributed by atoms with Crippen molar-refractivity contribution in [3.05, 3.63) is 52.0 Å². The molecule has 1 atom stereocenters. The molecule has 20 heavy (non-hydrogen) atoms. The number of aromatic nitrogens is 2. The average molecular weight is 312 g/mol. The normalized spacial score (nSPS) is 12.6. The van der Waals surface area contributed by atoms with Crippen LogP contribution in [0.1, 0.15) is 30.8 Å². The molecule has 2 rings (SSSR count). The molecule has 1 N–H and O–H groups in total. The average Bonchev–Trinajstić information content (AvgIpc) is 2.87. The minimum Gasteiger partial charge on any atom is -0.335 e. The van der Waals surface area contributed by atoms with E-state index in [1.807, 2.05) is 31.6 Å². The largest absolute Gasteiger partial charge is 0.335 e. The van der Waals surface area contributed by atoms with E-state index in [1.54, 1.807) is 6.07 Å². The van der Waals surface area contributed by atoms with Crippen molar-refractivity contribution in [2.75, 3.05) is 7.05 Å². The topological polar surface area (TPSA) is 29.9 Å². The molecule has 0 radical (unpaired) electrons. The van der Waals surface area contributed by atoms with Crippen molar-refractivity contribution in [2.24, 2.45) is 0 Å². The second kappa shape index (κ2) is 7.11. The van der Waals surface area contributed by atoms with Crippen molar-refractivity contribution in [3.8, 4) is 0 Å². The number of aryl methyl sites for hydroxylation is 1. The Hall–Kier alpha value is -1.03. The number of benzene rings is 1. The van der Waals surface area contributed by atoms with E-state index in [2.05, 4.69) is 21.8 Å². The molecule has 0 saturated heterocycles. The minimum absolute atomic E-state index is 0.0965. The van der Waals surface area contributed by atoms with Crippen LogP contribution < -0.4 is 5.32 Å². The molecule has 5 heteroatoms. The maximum absolute atomic E-state index is 6.28. The zero-order valence-electron chi connectivity index (χ0n) is 11.7. The van der Waals surface area contributed by atoms with Gasteiger partial charge in [-0.2, -0.15) is 0 Å². The van der Waals surface area contributed by atoms with Gasteiger partial charge in [-0.15, -0.1) is 0 Å². The van der Waals surface area contributed by atoms with Gasteiger partial charge in [0.05, 0.1) is 0 Å². The predicted molar refractivity (Wildman–Crippen MR) is 84.5 cm³/mol. The standard InChI is InChI=1S/C15H19Cl2N3/c1-3-7-20-8-6-19-15(20)10-14(18-2)12-9-11(16)4-5-13(12)17/h4-6,8-9,14,18H,3,7,10H2,1-2H3. The maximum Gasteiger partial charge on any atom is 0.110 e. The summed E-state index contributed by atoms with van der Waals surface area (Å²) < 4.78 is 2.18. The van der Waals surface area contributed by atoms with Crippen molar-refractivity contribution in [1.82, 2.24) is 14.9 Å². The highest BCUT2D eigenvalue weighted by Gasteiger charge is 2.16. The molecule has 3 nitrogen and oxygen atoms in total. The van der Waals surface area contributed by atoms with Crippen molar-refractivity contribution < 1.29 is 0 Å². The quantitative estimate of drug-likeness (QED) is 0.870. The predicted octanol–water partition coefficient (Wildman–Crippen LogP) is 4.10. The van der Waals surface area contributed by atoms with Crippen molar-refractivity contribution in [3.63, 3.8) is 0 Å². The molecule has 0 bridgehead atoms. The maximum atomic E-state index is 6.28. The lowest BCUT2D eigenvalue weighted by Gasteiger charge is -2.18. The minimum atomic E-state index is 0.0965. The zero-order valence-corrected chi connectivity index (χ0v) is 13.2. The third-order valence-electron chi connectivity index (χ3n) is 3.33. The summed E-state index contributed by atoms with van der Waals surface area (Å²) in [5.41, 5.74) is 1.01. The summed E-state index contributed by atoms with van der Waals surface area (Å²) in [6.45, 7) is 3.14. The van der Waals surface area contributed by atoms with E-state index in [0.717, 1.165) is 35.8 Å². The van der Waals surface area contributed by atoms with Crippen LogP contribution >= 0.6 is 23.2 Å². The van der Waals surface area contributed by atoms with Crippen LogP contribution in [-0.2, 0) is 13.0 Å². The van der Waals surface area contributed by atoms with Gasteiger partial charge in [0.25, 0.3) is 0 Å². The van der Waals surface area contributed by atoms with Crippen LogP contribution in [0.25, 0.3) is 0 Å². The number of imidazole rings is 1. The number of nitrogens with zero attached hydrogens (tertiary/aromatic N) is 2. The monoisotopic (exact) mass is 311 g/mol. The van der Waals surface area contributed by atoms with Crippen LogP contribution in [0.5, 0.6) is 0 Å². The second-order valence-corrected chi connectivity index (χ2v) is 5.59. The van der Waals surface area contributed by atoms with Crippen LogP contribution in [0.2, 0.25) is 10.0 Å². The van der Waals surface area contributed by atoms with Gasteiger partial charge in [-0.25, -0.2) is 4.98 Å². The first-order chi connectivity index (χ1) is 9.65. The van der Waals surface area contributed by atoms with Crippen molar-refractivity contribution >= 4 is 23.2 Å². The molecule has 1 heterocycles. The number of hydrogen-bond donors (Lipinski definition) is 1. The zero-order chi connectivity index (χ0) is 14.5. The number of nitrogens with one attached hydrogen (secondary N) is 1. The fraction of sp³-hybridized carbons (Fsp3) is 0.400. The summed E-state index contributed by atoms with van der Waals surface area (Å²) in [4.78, 5) is 4.45. The molecule has 108 valence electrons. The van der Waals surface area contributed by atoms with Crippen LogP contribution in [0.3, 0.4) is 0 Å². The van der Waals surface area contributed by atoms with Gasteiger partial charge < -0.3 is 9.88 Å². The summed E-state index contributed by atoms with van der Waals surface area (Å²) >= 11 is 12.4. The fourth-order valence-corrected chi connectivity index (χ4v) is 2.74. The van der Waals surface area contributed by atoms with E-state index in [-0.39, 0.29) is 6.04 Å². The Kier molecular flexibility index (Phi) is 5.46. The molecule has 2 aromatic rings. The van der Waals surface area contributed by atoms with Crippen LogP contribution in [0.15, 0.2) is 30.6 Å². The van der Waals surface area contributed by atoms with E-state index in [1.165, 1.54) is 0 Å². The van der Waals surface area contributed by atoms with Gasteiger partial charge in [-0.05, 0) is 37.2 Å². The first-order valence-electron chi connectivity index (χ1n) is 6.78.